The van der Waals surface area contributed by atoms with Crippen molar-refractivity contribution in [2.45, 2.75) is 58.7 Å². The molecule has 0 spiro atoms. The summed E-state index contributed by atoms with van der Waals surface area (Å²) >= 11 is 0. The number of hydrogen-bond acceptors (Lipinski definition) is 3. The Morgan fingerprint density at radius 3 is 1.84 bits per heavy atom. The van der Waals surface area contributed by atoms with Gasteiger partial charge in [-0.3, -0.25) is 4.79 Å². The van der Waals surface area contributed by atoms with E-state index >= 15 is 0 Å². The number of carbonyl (C=O) groups is 2. The van der Waals surface area contributed by atoms with Gasteiger partial charge in [-0.05, 0) is 50.7 Å². The summed E-state index contributed by atoms with van der Waals surface area (Å²) in [7, 11) is 0. The van der Waals surface area contributed by atoms with Gasteiger partial charge in [0.1, 0.15) is 5.60 Å². The normalized spacial score (nSPS) is 14.9. The summed E-state index contributed by atoms with van der Waals surface area (Å²) in [4.78, 5) is 29.2. The molecule has 166 valence electrons. The Balaban J connectivity index is 1.58. The van der Waals surface area contributed by atoms with Crippen molar-refractivity contribution >= 4 is 12.0 Å². The van der Waals surface area contributed by atoms with Crippen LogP contribution in [0.4, 0.5) is 4.79 Å². The molecular formula is C26H34N2O3. The zero-order chi connectivity index (χ0) is 22.3. The van der Waals surface area contributed by atoms with E-state index in [0.29, 0.717) is 38.5 Å². The second-order valence-corrected chi connectivity index (χ2v) is 9.34. The quantitative estimate of drug-likeness (QED) is 0.639. The molecule has 1 saturated heterocycles. The summed E-state index contributed by atoms with van der Waals surface area (Å²) in [5.74, 6) is 0.462. The molecule has 31 heavy (non-hydrogen) atoms. The van der Waals surface area contributed by atoms with E-state index in [1.165, 1.54) is 0 Å². The SMILES string of the molecule is CC(C)(C)OC(=O)N1CCC(CC(=O)N(Cc2ccccc2)Cc2ccccc2)CC1. The standard InChI is InChI=1S/C26H34N2O3/c1-26(2,3)31-25(30)27-16-14-21(15-17-27)18-24(29)28(19-22-10-6-4-7-11-22)20-23-12-8-5-9-13-23/h4-13,21H,14-20H2,1-3H3. The summed E-state index contributed by atoms with van der Waals surface area (Å²) in [6.07, 6.45) is 1.92. The van der Waals surface area contributed by atoms with Gasteiger partial charge in [0, 0.05) is 32.6 Å². The first kappa shape index (κ1) is 22.9. The van der Waals surface area contributed by atoms with Gasteiger partial charge in [-0.25, -0.2) is 4.79 Å². The van der Waals surface area contributed by atoms with Crippen molar-refractivity contribution in [1.82, 2.24) is 9.80 Å². The number of benzene rings is 2. The van der Waals surface area contributed by atoms with Crippen LogP contribution in [-0.4, -0.2) is 40.5 Å². The maximum absolute atomic E-state index is 13.2. The van der Waals surface area contributed by atoms with E-state index in [1.807, 2.05) is 62.1 Å². The van der Waals surface area contributed by atoms with Crippen molar-refractivity contribution in [3.05, 3.63) is 71.8 Å². The smallest absolute Gasteiger partial charge is 0.410 e. The molecule has 5 nitrogen and oxygen atoms in total. The topological polar surface area (TPSA) is 49.9 Å². The molecule has 1 aliphatic heterocycles. The number of hydrogen-bond donors (Lipinski definition) is 0. The Labute approximate surface area is 186 Å². The lowest BCUT2D eigenvalue weighted by Crippen LogP contribution is -2.42. The molecule has 0 aromatic heterocycles. The van der Waals surface area contributed by atoms with E-state index in [0.717, 1.165) is 24.0 Å². The van der Waals surface area contributed by atoms with Gasteiger partial charge in [-0.1, -0.05) is 60.7 Å². The third kappa shape index (κ3) is 7.42. The van der Waals surface area contributed by atoms with E-state index < -0.39 is 5.60 Å². The van der Waals surface area contributed by atoms with E-state index in [9.17, 15) is 9.59 Å². The fourth-order valence-corrected chi connectivity index (χ4v) is 3.86. The highest BCUT2D eigenvalue weighted by Crippen LogP contribution is 2.24. The highest BCUT2D eigenvalue weighted by Gasteiger charge is 2.28. The lowest BCUT2D eigenvalue weighted by molar-refractivity contribution is -0.133. The first-order valence-corrected chi connectivity index (χ1v) is 11.1. The highest BCUT2D eigenvalue weighted by atomic mass is 16.6. The van der Waals surface area contributed by atoms with Crippen molar-refractivity contribution in [2.24, 2.45) is 5.92 Å². The van der Waals surface area contributed by atoms with Crippen LogP contribution >= 0.6 is 0 Å². The van der Waals surface area contributed by atoms with Gasteiger partial charge >= 0.3 is 6.09 Å². The molecule has 0 bridgehead atoms. The monoisotopic (exact) mass is 422 g/mol. The minimum atomic E-state index is -0.487. The number of nitrogens with zero attached hydrogens (tertiary/aromatic N) is 2. The molecule has 2 amide bonds. The van der Waals surface area contributed by atoms with Gasteiger partial charge in [0.25, 0.3) is 0 Å². The lowest BCUT2D eigenvalue weighted by Gasteiger charge is -2.34. The van der Waals surface area contributed by atoms with Gasteiger partial charge < -0.3 is 14.5 Å². The van der Waals surface area contributed by atoms with E-state index in [-0.39, 0.29) is 12.0 Å². The number of piperidine rings is 1. The molecule has 0 N–H and O–H groups in total. The minimum Gasteiger partial charge on any atom is -0.444 e. The molecule has 0 atom stereocenters. The molecule has 1 aliphatic rings. The minimum absolute atomic E-state index is 0.170. The largest absolute Gasteiger partial charge is 0.444 e. The number of likely N-dealkylation sites (tertiary alicyclic amines) is 1. The number of carbonyl (C=O) groups excluding carboxylic acids is 2. The van der Waals surface area contributed by atoms with Crippen molar-refractivity contribution in [2.75, 3.05) is 13.1 Å². The van der Waals surface area contributed by atoms with Crippen LogP contribution in [0.5, 0.6) is 0 Å². The van der Waals surface area contributed by atoms with Crippen LogP contribution in [-0.2, 0) is 22.6 Å². The highest BCUT2D eigenvalue weighted by molar-refractivity contribution is 5.76. The molecule has 0 saturated carbocycles. The second kappa shape index (κ2) is 10.5. The van der Waals surface area contributed by atoms with Crippen LogP contribution in [0.25, 0.3) is 0 Å². The van der Waals surface area contributed by atoms with Crippen molar-refractivity contribution in [1.29, 1.82) is 0 Å². The second-order valence-electron chi connectivity index (χ2n) is 9.34. The van der Waals surface area contributed by atoms with Gasteiger partial charge in [0.15, 0.2) is 0 Å². The molecule has 0 aliphatic carbocycles. The lowest BCUT2D eigenvalue weighted by atomic mass is 9.93. The van der Waals surface area contributed by atoms with Gasteiger partial charge in [0.2, 0.25) is 5.91 Å². The van der Waals surface area contributed by atoms with E-state index in [2.05, 4.69) is 24.3 Å². The molecule has 2 aromatic carbocycles. The van der Waals surface area contributed by atoms with E-state index in [4.69, 9.17) is 4.74 Å². The molecule has 3 rings (SSSR count). The van der Waals surface area contributed by atoms with Gasteiger partial charge in [-0.2, -0.15) is 0 Å². The zero-order valence-corrected chi connectivity index (χ0v) is 18.9. The van der Waals surface area contributed by atoms with Crippen LogP contribution in [0.15, 0.2) is 60.7 Å². The number of rotatable bonds is 6. The van der Waals surface area contributed by atoms with Crippen LogP contribution < -0.4 is 0 Å². The first-order valence-electron chi connectivity index (χ1n) is 11.1. The first-order chi connectivity index (χ1) is 14.8. The van der Waals surface area contributed by atoms with Crippen LogP contribution in [0, 0.1) is 5.92 Å². The number of ether oxygens (including phenoxy) is 1. The molecule has 0 unspecified atom stereocenters. The molecule has 5 heteroatoms. The van der Waals surface area contributed by atoms with Crippen LogP contribution in [0.2, 0.25) is 0 Å². The van der Waals surface area contributed by atoms with E-state index in [1.54, 1.807) is 4.90 Å². The van der Waals surface area contributed by atoms with Crippen molar-refractivity contribution in [3.63, 3.8) is 0 Å². The zero-order valence-electron chi connectivity index (χ0n) is 18.9. The third-order valence-corrected chi connectivity index (χ3v) is 5.51. The van der Waals surface area contributed by atoms with Crippen LogP contribution in [0.1, 0.15) is 51.2 Å². The van der Waals surface area contributed by atoms with Crippen molar-refractivity contribution in [3.8, 4) is 0 Å². The van der Waals surface area contributed by atoms with Gasteiger partial charge in [-0.15, -0.1) is 0 Å². The Bertz CT molecular complexity index is 796. The molecular weight excluding hydrogens is 388 g/mol. The molecule has 2 aromatic rings. The number of amides is 2. The predicted octanol–water partition coefficient (Wildman–Crippen LogP) is 5.25. The molecule has 0 radical (unpaired) electrons. The summed E-state index contributed by atoms with van der Waals surface area (Å²) in [6.45, 7) is 8.13. The summed E-state index contributed by atoms with van der Waals surface area (Å²) in [5.41, 5.74) is 1.78. The summed E-state index contributed by atoms with van der Waals surface area (Å²) < 4.78 is 5.48. The average Bonchev–Trinajstić information content (AvgIpc) is 2.74. The Morgan fingerprint density at radius 2 is 1.39 bits per heavy atom. The van der Waals surface area contributed by atoms with Crippen molar-refractivity contribution < 1.29 is 14.3 Å². The summed E-state index contributed by atoms with van der Waals surface area (Å²) in [5, 5.41) is 0. The maximum atomic E-state index is 13.2. The van der Waals surface area contributed by atoms with Gasteiger partial charge in [0.05, 0.1) is 0 Å². The van der Waals surface area contributed by atoms with Crippen LogP contribution in [0.3, 0.4) is 0 Å². The predicted molar refractivity (Wildman–Crippen MR) is 122 cm³/mol. The third-order valence-electron chi connectivity index (χ3n) is 5.51. The average molecular weight is 423 g/mol. The fourth-order valence-electron chi connectivity index (χ4n) is 3.86. The Morgan fingerprint density at radius 1 is 0.903 bits per heavy atom. The molecule has 1 heterocycles. The molecule has 1 fully saturated rings. The fraction of sp³-hybridized carbons (Fsp3) is 0.462. The maximum Gasteiger partial charge on any atom is 0.410 e. The summed E-state index contributed by atoms with van der Waals surface area (Å²) in [6, 6.07) is 20.3. The Hall–Kier alpha value is -2.82. The Kier molecular flexibility index (Phi) is 7.72.